The van der Waals surface area contributed by atoms with Crippen molar-refractivity contribution in [2.24, 2.45) is 11.7 Å². The van der Waals surface area contributed by atoms with Crippen LogP contribution in [0.1, 0.15) is 30.9 Å². The summed E-state index contributed by atoms with van der Waals surface area (Å²) < 4.78 is 0. The first kappa shape index (κ1) is 15.5. The number of nitrogens with two attached hydrogens (primary N) is 1. The molecular weight excluding hydrogens is 270 g/mol. The maximum Gasteiger partial charge on any atom is 0.229 e. The molecule has 114 valence electrons. The summed E-state index contributed by atoms with van der Waals surface area (Å²) in [6.45, 7) is 0.777. The van der Waals surface area contributed by atoms with Gasteiger partial charge < -0.3 is 21.5 Å². The molecule has 1 aromatic carbocycles. The molecular formula is C15H21N3O3. The highest BCUT2D eigenvalue weighted by Gasteiger charge is 2.24. The van der Waals surface area contributed by atoms with Crippen LogP contribution in [0.15, 0.2) is 24.3 Å². The summed E-state index contributed by atoms with van der Waals surface area (Å²) in [6, 6.07) is 7.11. The number of carbonyl (C=O) groups excluding carboxylic acids is 2. The van der Waals surface area contributed by atoms with E-state index >= 15 is 0 Å². The van der Waals surface area contributed by atoms with Crippen LogP contribution in [0, 0.1) is 5.92 Å². The number of rotatable bonds is 5. The van der Waals surface area contributed by atoms with Crippen LogP contribution in [-0.2, 0) is 9.59 Å². The molecule has 5 N–H and O–H groups in total. The minimum absolute atomic E-state index is 0.00838. The van der Waals surface area contributed by atoms with Crippen molar-refractivity contribution in [3.05, 3.63) is 29.8 Å². The average Bonchev–Trinajstić information content (AvgIpc) is 2.48. The predicted molar refractivity (Wildman–Crippen MR) is 79.4 cm³/mol. The average molecular weight is 291 g/mol. The molecule has 1 fully saturated rings. The summed E-state index contributed by atoms with van der Waals surface area (Å²) in [7, 11) is 0. The van der Waals surface area contributed by atoms with Gasteiger partial charge in [0, 0.05) is 18.7 Å². The molecule has 2 unspecified atom stereocenters. The van der Waals surface area contributed by atoms with Crippen molar-refractivity contribution in [3.63, 3.8) is 0 Å². The second-order valence-corrected chi connectivity index (χ2v) is 5.25. The number of anilines is 1. The number of hydrogen-bond acceptors (Lipinski definition) is 4. The number of hydrogen-bond donors (Lipinski definition) is 4. The Kier molecular flexibility index (Phi) is 5.30. The highest BCUT2D eigenvalue weighted by molar-refractivity contribution is 5.94. The van der Waals surface area contributed by atoms with Crippen LogP contribution in [0.5, 0.6) is 0 Å². The largest absolute Gasteiger partial charge is 0.388 e. The van der Waals surface area contributed by atoms with E-state index in [1.54, 1.807) is 24.3 Å². The van der Waals surface area contributed by atoms with Crippen LogP contribution in [0.4, 0.5) is 5.69 Å². The van der Waals surface area contributed by atoms with Crippen molar-refractivity contribution in [2.45, 2.75) is 25.4 Å². The van der Waals surface area contributed by atoms with Gasteiger partial charge >= 0.3 is 0 Å². The van der Waals surface area contributed by atoms with E-state index in [2.05, 4.69) is 10.6 Å². The van der Waals surface area contributed by atoms with Crippen molar-refractivity contribution in [3.8, 4) is 0 Å². The number of benzene rings is 1. The fraction of sp³-hybridized carbons (Fsp3) is 0.467. The van der Waals surface area contributed by atoms with Gasteiger partial charge in [-0.3, -0.25) is 9.59 Å². The molecule has 1 aliphatic heterocycles. The van der Waals surface area contributed by atoms with Crippen molar-refractivity contribution < 1.29 is 14.7 Å². The number of aliphatic hydroxyl groups excluding tert-OH is 1. The topological polar surface area (TPSA) is 104 Å². The fourth-order valence-corrected chi connectivity index (χ4v) is 2.35. The summed E-state index contributed by atoms with van der Waals surface area (Å²) in [4.78, 5) is 23.2. The summed E-state index contributed by atoms with van der Waals surface area (Å²) in [5.74, 6) is -0.327. The molecule has 6 nitrogen and oxygen atoms in total. The predicted octanol–water partition coefficient (Wildman–Crippen LogP) is 0.534. The maximum absolute atomic E-state index is 12.1. The number of aliphatic hydroxyl groups is 1. The first-order valence-corrected chi connectivity index (χ1v) is 7.16. The molecule has 0 radical (unpaired) electrons. The van der Waals surface area contributed by atoms with Gasteiger partial charge in [-0.25, -0.2) is 0 Å². The Morgan fingerprint density at radius 2 is 2.33 bits per heavy atom. The first-order chi connectivity index (χ1) is 10.1. The van der Waals surface area contributed by atoms with E-state index in [1.165, 1.54) is 0 Å². The second-order valence-electron chi connectivity index (χ2n) is 5.25. The van der Waals surface area contributed by atoms with Gasteiger partial charge in [-0.1, -0.05) is 12.1 Å². The van der Waals surface area contributed by atoms with Crippen LogP contribution in [0.25, 0.3) is 0 Å². The zero-order chi connectivity index (χ0) is 15.2. The quantitative estimate of drug-likeness (QED) is 0.635. The minimum atomic E-state index is -0.624. The molecule has 2 rings (SSSR count). The number of nitrogens with one attached hydrogen (secondary N) is 2. The summed E-state index contributed by atoms with van der Waals surface area (Å²) >= 11 is 0. The SMILES string of the molecule is NCCC(O)c1cccc(NC(=O)C2CCC(=O)NC2)c1. The van der Waals surface area contributed by atoms with Gasteiger partial charge in [0.15, 0.2) is 0 Å². The Labute approximate surface area is 123 Å². The summed E-state index contributed by atoms with van der Waals surface area (Å²) in [6.07, 6.45) is 0.799. The Morgan fingerprint density at radius 3 is 3.00 bits per heavy atom. The second kappa shape index (κ2) is 7.19. The molecule has 1 aromatic rings. The Hall–Kier alpha value is -1.92. The van der Waals surface area contributed by atoms with Crippen LogP contribution in [0.3, 0.4) is 0 Å². The molecule has 0 saturated carbocycles. The van der Waals surface area contributed by atoms with E-state index < -0.39 is 6.10 Å². The van der Waals surface area contributed by atoms with Crippen LogP contribution < -0.4 is 16.4 Å². The third-order valence-corrected chi connectivity index (χ3v) is 3.62. The molecule has 1 saturated heterocycles. The van der Waals surface area contributed by atoms with Gasteiger partial charge in [0.1, 0.15) is 0 Å². The fourth-order valence-electron chi connectivity index (χ4n) is 2.35. The van der Waals surface area contributed by atoms with Gasteiger partial charge in [-0.05, 0) is 37.1 Å². The smallest absolute Gasteiger partial charge is 0.229 e. The van der Waals surface area contributed by atoms with Gasteiger partial charge in [0.25, 0.3) is 0 Å². The van der Waals surface area contributed by atoms with E-state index in [0.29, 0.717) is 38.0 Å². The number of carbonyl (C=O) groups is 2. The van der Waals surface area contributed by atoms with Gasteiger partial charge in [0.05, 0.1) is 12.0 Å². The van der Waals surface area contributed by atoms with Crippen LogP contribution in [-0.4, -0.2) is 30.0 Å². The molecule has 0 spiro atoms. The maximum atomic E-state index is 12.1. The van der Waals surface area contributed by atoms with E-state index in [4.69, 9.17) is 5.73 Å². The molecule has 1 aliphatic rings. The normalized spacial score (nSPS) is 19.7. The van der Waals surface area contributed by atoms with Crippen LogP contribution >= 0.6 is 0 Å². The monoisotopic (exact) mass is 291 g/mol. The summed E-state index contributed by atoms with van der Waals surface area (Å²) in [5.41, 5.74) is 6.81. The zero-order valence-electron chi connectivity index (χ0n) is 11.8. The van der Waals surface area contributed by atoms with Crippen LogP contribution in [0.2, 0.25) is 0 Å². The highest BCUT2D eigenvalue weighted by Crippen LogP contribution is 2.21. The molecule has 0 bridgehead atoms. The lowest BCUT2D eigenvalue weighted by Crippen LogP contribution is -2.40. The minimum Gasteiger partial charge on any atom is -0.388 e. The molecule has 2 amide bonds. The molecule has 2 atom stereocenters. The lowest BCUT2D eigenvalue weighted by molar-refractivity contribution is -0.126. The van der Waals surface area contributed by atoms with Gasteiger partial charge in [0.2, 0.25) is 11.8 Å². The summed E-state index contributed by atoms with van der Waals surface area (Å²) in [5, 5.41) is 15.4. The highest BCUT2D eigenvalue weighted by atomic mass is 16.3. The lowest BCUT2D eigenvalue weighted by atomic mass is 9.98. The molecule has 1 heterocycles. The lowest BCUT2D eigenvalue weighted by Gasteiger charge is -2.21. The third-order valence-electron chi connectivity index (χ3n) is 3.62. The molecule has 0 aliphatic carbocycles. The Morgan fingerprint density at radius 1 is 1.52 bits per heavy atom. The molecule has 6 heteroatoms. The first-order valence-electron chi connectivity index (χ1n) is 7.16. The van der Waals surface area contributed by atoms with Crippen molar-refractivity contribution >= 4 is 17.5 Å². The van der Waals surface area contributed by atoms with E-state index in [1.807, 2.05) is 0 Å². The van der Waals surface area contributed by atoms with Gasteiger partial charge in [-0.15, -0.1) is 0 Å². The molecule has 21 heavy (non-hydrogen) atoms. The van der Waals surface area contributed by atoms with Crippen molar-refractivity contribution in [2.75, 3.05) is 18.4 Å². The van der Waals surface area contributed by atoms with E-state index in [0.717, 1.165) is 5.56 Å². The Balaban J connectivity index is 1.97. The van der Waals surface area contributed by atoms with Crippen molar-refractivity contribution in [1.82, 2.24) is 5.32 Å². The molecule has 0 aromatic heterocycles. The zero-order valence-corrected chi connectivity index (χ0v) is 11.8. The van der Waals surface area contributed by atoms with Gasteiger partial charge in [-0.2, -0.15) is 0 Å². The number of amides is 2. The standard InChI is InChI=1S/C15H21N3O3/c16-7-6-13(19)10-2-1-3-12(8-10)18-15(21)11-4-5-14(20)17-9-11/h1-3,8,11,13,19H,4-7,9,16H2,(H,17,20)(H,18,21). The Bertz CT molecular complexity index is 509. The van der Waals surface area contributed by atoms with Crippen molar-refractivity contribution in [1.29, 1.82) is 0 Å². The number of piperidine rings is 1. The van der Waals surface area contributed by atoms with E-state index in [-0.39, 0.29) is 17.7 Å². The third kappa shape index (κ3) is 4.27. The van der Waals surface area contributed by atoms with E-state index in [9.17, 15) is 14.7 Å².